The van der Waals surface area contributed by atoms with Crippen molar-refractivity contribution in [3.63, 3.8) is 0 Å². The summed E-state index contributed by atoms with van der Waals surface area (Å²) in [6.45, 7) is 4.28. The molecule has 0 aliphatic heterocycles. The summed E-state index contributed by atoms with van der Waals surface area (Å²) in [6.07, 6.45) is 2.20. The Morgan fingerprint density at radius 3 is 2.75 bits per heavy atom. The molecule has 0 radical (unpaired) electrons. The number of hydrogen-bond acceptors (Lipinski definition) is 3. The Balaban J connectivity index is 2.82. The summed E-state index contributed by atoms with van der Waals surface area (Å²) in [7, 11) is 0. The summed E-state index contributed by atoms with van der Waals surface area (Å²) in [5.74, 6) is -0.233. The first-order chi connectivity index (χ1) is 7.58. The second-order valence-electron chi connectivity index (χ2n) is 3.55. The van der Waals surface area contributed by atoms with Crippen LogP contribution < -0.4 is 16.6 Å². The Morgan fingerprint density at radius 2 is 2.19 bits per heavy atom. The van der Waals surface area contributed by atoms with Gasteiger partial charge in [-0.15, -0.1) is 0 Å². The number of nitrogens with two attached hydrogens (primary N) is 1. The summed E-state index contributed by atoms with van der Waals surface area (Å²) >= 11 is 0. The second kappa shape index (κ2) is 5.46. The zero-order valence-electron chi connectivity index (χ0n) is 9.56. The summed E-state index contributed by atoms with van der Waals surface area (Å²) < 4.78 is 1.52. The van der Waals surface area contributed by atoms with Gasteiger partial charge in [0.1, 0.15) is 0 Å². The molecule has 5 nitrogen and oxygen atoms in total. The minimum absolute atomic E-state index is 0.0831. The van der Waals surface area contributed by atoms with Gasteiger partial charge in [0.15, 0.2) is 0 Å². The Labute approximate surface area is 94.3 Å². The van der Waals surface area contributed by atoms with Crippen LogP contribution in [0.3, 0.4) is 0 Å². The minimum atomic E-state index is -0.512. The van der Waals surface area contributed by atoms with E-state index in [-0.39, 0.29) is 11.5 Å². The molecule has 1 atom stereocenters. The van der Waals surface area contributed by atoms with Gasteiger partial charge >= 0.3 is 0 Å². The fourth-order valence-corrected chi connectivity index (χ4v) is 1.27. The zero-order chi connectivity index (χ0) is 12.1. The fraction of sp³-hybridized carbons (Fsp3) is 0.455. The van der Waals surface area contributed by atoms with Crippen molar-refractivity contribution < 1.29 is 4.79 Å². The maximum atomic E-state index is 11.5. The molecule has 3 N–H and O–H groups in total. The van der Waals surface area contributed by atoms with Crippen LogP contribution in [0.5, 0.6) is 0 Å². The van der Waals surface area contributed by atoms with Gasteiger partial charge in [-0.2, -0.15) is 0 Å². The first kappa shape index (κ1) is 12.4. The minimum Gasteiger partial charge on any atom is -0.323 e. The molecule has 0 aromatic carbocycles. The lowest BCUT2D eigenvalue weighted by molar-refractivity contribution is -0.117. The molecule has 0 aliphatic rings. The van der Waals surface area contributed by atoms with Crippen molar-refractivity contribution in [2.45, 2.75) is 32.9 Å². The van der Waals surface area contributed by atoms with Gasteiger partial charge in [0.05, 0.1) is 11.7 Å². The Morgan fingerprint density at radius 1 is 1.50 bits per heavy atom. The van der Waals surface area contributed by atoms with Gasteiger partial charge in [0, 0.05) is 18.8 Å². The number of aromatic nitrogens is 1. The molecule has 0 fully saturated rings. The van der Waals surface area contributed by atoms with Crippen LogP contribution in [0.1, 0.15) is 20.3 Å². The molecule has 1 rings (SSSR count). The quantitative estimate of drug-likeness (QED) is 0.782. The van der Waals surface area contributed by atoms with Crippen molar-refractivity contribution >= 4 is 11.6 Å². The molecule has 16 heavy (non-hydrogen) atoms. The number of aryl methyl sites for hydroxylation is 1. The number of amides is 1. The summed E-state index contributed by atoms with van der Waals surface area (Å²) in [5, 5.41) is 2.67. The van der Waals surface area contributed by atoms with E-state index in [2.05, 4.69) is 5.32 Å². The average molecular weight is 223 g/mol. The third-order valence-corrected chi connectivity index (χ3v) is 2.37. The molecule has 0 spiro atoms. The van der Waals surface area contributed by atoms with Gasteiger partial charge < -0.3 is 15.6 Å². The largest absolute Gasteiger partial charge is 0.323 e. The summed E-state index contributed by atoms with van der Waals surface area (Å²) in [5.41, 5.74) is 6.09. The monoisotopic (exact) mass is 223 g/mol. The van der Waals surface area contributed by atoms with Gasteiger partial charge in [-0.1, -0.05) is 6.92 Å². The number of carbonyl (C=O) groups excluding carboxylic acids is 1. The van der Waals surface area contributed by atoms with Crippen LogP contribution in [0.25, 0.3) is 0 Å². The predicted octanol–water partition coefficient (Wildman–Crippen LogP) is 0.544. The zero-order valence-corrected chi connectivity index (χ0v) is 9.56. The lowest BCUT2D eigenvalue weighted by Gasteiger charge is -2.11. The lowest BCUT2D eigenvalue weighted by atomic mass is 10.2. The van der Waals surface area contributed by atoms with E-state index < -0.39 is 6.04 Å². The molecule has 0 saturated heterocycles. The van der Waals surface area contributed by atoms with Crippen LogP contribution in [0, 0.1) is 0 Å². The van der Waals surface area contributed by atoms with E-state index in [9.17, 15) is 9.59 Å². The molecule has 5 heteroatoms. The predicted molar refractivity (Wildman–Crippen MR) is 63.3 cm³/mol. The van der Waals surface area contributed by atoms with E-state index >= 15 is 0 Å². The third kappa shape index (κ3) is 2.93. The van der Waals surface area contributed by atoms with E-state index in [0.29, 0.717) is 18.7 Å². The van der Waals surface area contributed by atoms with Crippen LogP contribution in [-0.4, -0.2) is 16.5 Å². The summed E-state index contributed by atoms with van der Waals surface area (Å²) in [6, 6.07) is 2.49. The van der Waals surface area contributed by atoms with E-state index in [1.807, 2.05) is 13.8 Å². The van der Waals surface area contributed by atoms with Crippen LogP contribution >= 0.6 is 0 Å². The van der Waals surface area contributed by atoms with Crippen molar-refractivity contribution in [2.24, 2.45) is 5.73 Å². The van der Waals surface area contributed by atoms with Crippen molar-refractivity contribution in [3.05, 3.63) is 28.7 Å². The number of nitrogens with one attached hydrogen (secondary N) is 1. The van der Waals surface area contributed by atoms with Crippen LogP contribution in [0.15, 0.2) is 23.1 Å². The Hall–Kier alpha value is -1.62. The number of carbonyl (C=O) groups is 1. The van der Waals surface area contributed by atoms with Crippen molar-refractivity contribution in [1.29, 1.82) is 0 Å². The average Bonchev–Trinajstić information content (AvgIpc) is 2.30. The van der Waals surface area contributed by atoms with E-state index in [1.54, 1.807) is 12.3 Å². The van der Waals surface area contributed by atoms with Gasteiger partial charge in [0.25, 0.3) is 5.56 Å². The molecule has 0 bridgehead atoms. The molecule has 1 aromatic rings. The van der Waals surface area contributed by atoms with Gasteiger partial charge in [-0.25, -0.2) is 0 Å². The second-order valence-corrected chi connectivity index (χ2v) is 3.55. The van der Waals surface area contributed by atoms with Gasteiger partial charge in [0.2, 0.25) is 5.91 Å². The van der Waals surface area contributed by atoms with Crippen LogP contribution in [0.4, 0.5) is 5.69 Å². The summed E-state index contributed by atoms with van der Waals surface area (Å²) in [4.78, 5) is 22.8. The molecule has 0 unspecified atom stereocenters. The first-order valence-corrected chi connectivity index (χ1v) is 5.35. The van der Waals surface area contributed by atoms with Crippen molar-refractivity contribution in [2.75, 3.05) is 5.32 Å². The number of anilines is 1. The van der Waals surface area contributed by atoms with E-state index in [1.165, 1.54) is 10.6 Å². The molecular formula is C11H17N3O2. The van der Waals surface area contributed by atoms with E-state index in [0.717, 1.165) is 0 Å². The SMILES string of the molecule is CC[C@H](N)C(=O)Nc1ccc(=O)n(CC)c1. The molecule has 1 aromatic heterocycles. The standard InChI is InChI=1S/C11H17N3O2/c1-3-9(12)11(16)13-8-5-6-10(15)14(4-2)7-8/h5-7,9H,3-4,12H2,1-2H3,(H,13,16)/t9-/m0/s1. The highest BCUT2D eigenvalue weighted by molar-refractivity contribution is 5.94. The smallest absolute Gasteiger partial charge is 0.250 e. The maximum Gasteiger partial charge on any atom is 0.250 e. The Bertz CT molecular complexity index is 425. The molecule has 0 aliphatic carbocycles. The van der Waals surface area contributed by atoms with Crippen LogP contribution in [-0.2, 0) is 11.3 Å². The lowest BCUT2D eigenvalue weighted by Crippen LogP contribution is -2.35. The molecule has 88 valence electrons. The number of nitrogens with zero attached hydrogens (tertiary/aromatic N) is 1. The van der Waals surface area contributed by atoms with Crippen molar-refractivity contribution in [1.82, 2.24) is 4.57 Å². The van der Waals surface area contributed by atoms with Crippen LogP contribution in [0.2, 0.25) is 0 Å². The molecule has 0 saturated carbocycles. The van der Waals surface area contributed by atoms with Gasteiger partial charge in [-0.3, -0.25) is 9.59 Å². The highest BCUT2D eigenvalue weighted by atomic mass is 16.2. The fourth-order valence-electron chi connectivity index (χ4n) is 1.27. The number of rotatable bonds is 4. The number of hydrogen-bond donors (Lipinski definition) is 2. The maximum absolute atomic E-state index is 11.5. The normalized spacial score (nSPS) is 12.2. The molecule has 1 heterocycles. The third-order valence-electron chi connectivity index (χ3n) is 2.37. The Kier molecular flexibility index (Phi) is 4.25. The highest BCUT2D eigenvalue weighted by Gasteiger charge is 2.11. The first-order valence-electron chi connectivity index (χ1n) is 5.35. The van der Waals surface area contributed by atoms with E-state index in [4.69, 9.17) is 5.73 Å². The topological polar surface area (TPSA) is 77.1 Å². The van der Waals surface area contributed by atoms with Crippen molar-refractivity contribution in [3.8, 4) is 0 Å². The molecule has 1 amide bonds. The molecular weight excluding hydrogens is 206 g/mol. The van der Waals surface area contributed by atoms with Gasteiger partial charge in [-0.05, 0) is 19.4 Å². The highest BCUT2D eigenvalue weighted by Crippen LogP contribution is 2.04. The number of pyridine rings is 1.